The lowest BCUT2D eigenvalue weighted by Crippen LogP contribution is -2.20. The average molecular weight is 262 g/mol. The van der Waals surface area contributed by atoms with Crippen LogP contribution in [0, 0.1) is 0 Å². The number of hydrogen-bond acceptors (Lipinski definition) is 3. The average Bonchev–Trinajstić information content (AvgIpc) is 2.75. The fourth-order valence-corrected chi connectivity index (χ4v) is 1.89. The molecule has 0 saturated heterocycles. The van der Waals surface area contributed by atoms with Crippen LogP contribution in [0.2, 0.25) is 0 Å². The quantitative estimate of drug-likeness (QED) is 0.873. The van der Waals surface area contributed by atoms with Gasteiger partial charge in [-0.15, -0.1) is 0 Å². The van der Waals surface area contributed by atoms with Crippen molar-refractivity contribution < 1.29 is 14.6 Å². The number of benzene rings is 1. The van der Waals surface area contributed by atoms with Gasteiger partial charge in [-0.2, -0.15) is 0 Å². The van der Waals surface area contributed by atoms with E-state index in [1.807, 2.05) is 0 Å². The Kier molecular flexibility index (Phi) is 3.41. The number of H-pyrrole nitrogens is 1. The molecule has 2 aromatic rings. The zero-order valence-electron chi connectivity index (χ0n) is 10.6. The number of aromatic amines is 1. The van der Waals surface area contributed by atoms with Crippen molar-refractivity contribution in [2.24, 2.45) is 0 Å². The summed E-state index contributed by atoms with van der Waals surface area (Å²) in [6, 6.07) is 6.83. The molecule has 0 saturated carbocycles. The van der Waals surface area contributed by atoms with Crippen LogP contribution in [-0.2, 0) is 6.42 Å². The molecule has 0 bridgehead atoms. The van der Waals surface area contributed by atoms with E-state index < -0.39 is 11.5 Å². The third kappa shape index (κ3) is 2.24. The van der Waals surface area contributed by atoms with E-state index in [-0.39, 0.29) is 5.56 Å². The Balaban J connectivity index is 2.63. The lowest BCUT2D eigenvalue weighted by Gasteiger charge is -2.04. The van der Waals surface area contributed by atoms with Crippen LogP contribution in [0.25, 0.3) is 5.69 Å². The molecule has 1 aromatic carbocycles. The number of carboxylic acids is 1. The Morgan fingerprint density at radius 2 is 2.21 bits per heavy atom. The molecular weight excluding hydrogens is 248 g/mol. The Hall–Kier alpha value is -2.50. The van der Waals surface area contributed by atoms with Gasteiger partial charge in [0.15, 0.2) is 0 Å². The zero-order valence-corrected chi connectivity index (χ0v) is 10.6. The van der Waals surface area contributed by atoms with E-state index in [2.05, 4.69) is 5.10 Å². The smallest absolute Gasteiger partial charge is 0.343 e. The lowest BCUT2D eigenvalue weighted by atomic mass is 10.2. The molecule has 100 valence electrons. The van der Waals surface area contributed by atoms with Crippen LogP contribution in [0.4, 0.5) is 0 Å². The van der Waals surface area contributed by atoms with Gasteiger partial charge in [0.1, 0.15) is 11.3 Å². The molecule has 6 nitrogen and oxygen atoms in total. The minimum absolute atomic E-state index is 0.217. The highest BCUT2D eigenvalue weighted by Gasteiger charge is 2.20. The van der Waals surface area contributed by atoms with Gasteiger partial charge >= 0.3 is 5.97 Å². The summed E-state index contributed by atoms with van der Waals surface area (Å²) < 4.78 is 6.29. The first-order valence-electron chi connectivity index (χ1n) is 5.80. The number of carboxylic acid groups (broad SMARTS) is 1. The van der Waals surface area contributed by atoms with Crippen LogP contribution in [-0.4, -0.2) is 28.0 Å². The molecule has 1 aromatic heterocycles. The van der Waals surface area contributed by atoms with Crippen molar-refractivity contribution in [2.75, 3.05) is 7.11 Å². The molecule has 0 atom stereocenters. The van der Waals surface area contributed by atoms with Crippen LogP contribution in [0.1, 0.15) is 23.0 Å². The van der Waals surface area contributed by atoms with E-state index in [0.717, 1.165) is 0 Å². The van der Waals surface area contributed by atoms with Crippen LogP contribution in [0.5, 0.6) is 5.75 Å². The lowest BCUT2D eigenvalue weighted by molar-refractivity contribution is 0.0694. The van der Waals surface area contributed by atoms with Crippen molar-refractivity contribution in [2.45, 2.75) is 13.3 Å². The van der Waals surface area contributed by atoms with Gasteiger partial charge in [-0.3, -0.25) is 9.89 Å². The second-order valence-electron chi connectivity index (χ2n) is 3.97. The monoisotopic (exact) mass is 262 g/mol. The zero-order chi connectivity index (χ0) is 14.0. The fraction of sp³-hybridized carbons (Fsp3) is 0.231. The summed E-state index contributed by atoms with van der Waals surface area (Å²) in [6.45, 7) is 1.79. The van der Waals surface area contributed by atoms with Crippen LogP contribution in [0.15, 0.2) is 29.1 Å². The topological polar surface area (TPSA) is 84.3 Å². The fourth-order valence-electron chi connectivity index (χ4n) is 1.89. The first kappa shape index (κ1) is 12.9. The number of rotatable bonds is 4. The van der Waals surface area contributed by atoms with Crippen LogP contribution >= 0.6 is 0 Å². The number of aromatic carboxylic acids is 1. The molecule has 0 spiro atoms. The van der Waals surface area contributed by atoms with E-state index in [9.17, 15) is 9.59 Å². The first-order valence-corrected chi connectivity index (χ1v) is 5.80. The van der Waals surface area contributed by atoms with Crippen molar-refractivity contribution in [3.05, 3.63) is 45.9 Å². The highest BCUT2D eigenvalue weighted by molar-refractivity contribution is 5.88. The Labute approximate surface area is 109 Å². The van der Waals surface area contributed by atoms with E-state index in [1.54, 1.807) is 31.2 Å². The molecule has 0 aliphatic rings. The van der Waals surface area contributed by atoms with E-state index in [0.29, 0.717) is 23.6 Å². The van der Waals surface area contributed by atoms with E-state index in [1.165, 1.54) is 11.8 Å². The van der Waals surface area contributed by atoms with Gasteiger partial charge in [0, 0.05) is 6.07 Å². The molecule has 0 radical (unpaired) electrons. The minimum Gasteiger partial charge on any atom is -0.497 e. The van der Waals surface area contributed by atoms with Gasteiger partial charge in [-0.25, -0.2) is 9.48 Å². The van der Waals surface area contributed by atoms with Crippen molar-refractivity contribution in [1.82, 2.24) is 9.78 Å². The number of ether oxygens (including phenoxy) is 1. The first-order chi connectivity index (χ1) is 9.08. The van der Waals surface area contributed by atoms with E-state index >= 15 is 0 Å². The van der Waals surface area contributed by atoms with Crippen molar-refractivity contribution in [3.63, 3.8) is 0 Å². The second-order valence-corrected chi connectivity index (χ2v) is 3.97. The summed E-state index contributed by atoms with van der Waals surface area (Å²) >= 11 is 0. The molecule has 2 N–H and O–H groups in total. The van der Waals surface area contributed by atoms with Gasteiger partial charge in [0.2, 0.25) is 0 Å². The summed E-state index contributed by atoms with van der Waals surface area (Å²) in [6.07, 6.45) is 0.438. The summed E-state index contributed by atoms with van der Waals surface area (Å²) in [5.74, 6) is -0.631. The summed E-state index contributed by atoms with van der Waals surface area (Å²) in [5, 5.41) is 11.9. The number of nitrogens with one attached hydrogen (secondary N) is 1. The Morgan fingerprint density at radius 3 is 2.74 bits per heavy atom. The number of aryl methyl sites for hydroxylation is 1. The third-order valence-electron chi connectivity index (χ3n) is 2.84. The molecule has 1 heterocycles. The second kappa shape index (κ2) is 5.01. The summed E-state index contributed by atoms with van der Waals surface area (Å²) in [4.78, 5) is 23.2. The number of carbonyl (C=O) groups is 1. The third-order valence-corrected chi connectivity index (χ3v) is 2.84. The Morgan fingerprint density at radius 1 is 1.47 bits per heavy atom. The summed E-state index contributed by atoms with van der Waals surface area (Å²) in [7, 11) is 1.52. The van der Waals surface area contributed by atoms with Crippen molar-refractivity contribution in [1.29, 1.82) is 0 Å². The number of hydrogen-bond donors (Lipinski definition) is 2. The molecule has 0 aliphatic carbocycles. The molecular formula is C13H14N2O4. The molecule has 0 amide bonds. The maximum Gasteiger partial charge on any atom is 0.343 e. The molecule has 19 heavy (non-hydrogen) atoms. The normalized spacial score (nSPS) is 10.4. The molecule has 0 aliphatic heterocycles. The molecule has 0 fully saturated rings. The van der Waals surface area contributed by atoms with Gasteiger partial charge in [-0.05, 0) is 18.6 Å². The standard InChI is InChI=1S/C13H14N2O4/c1-3-10-11(13(17)18)12(16)15(14-10)8-5-4-6-9(7-8)19-2/h4-7,14H,3H2,1-2H3,(H,17,18). The predicted octanol–water partition coefficient (Wildman–Crippen LogP) is 1.43. The number of nitrogens with zero attached hydrogens (tertiary/aromatic N) is 1. The van der Waals surface area contributed by atoms with Gasteiger partial charge in [0.25, 0.3) is 5.56 Å². The van der Waals surface area contributed by atoms with Gasteiger partial charge < -0.3 is 9.84 Å². The van der Waals surface area contributed by atoms with Gasteiger partial charge in [-0.1, -0.05) is 13.0 Å². The SMILES string of the molecule is CCc1[nH]n(-c2cccc(OC)c2)c(=O)c1C(=O)O. The Bertz CT molecular complexity index is 670. The number of methoxy groups -OCH3 is 1. The minimum atomic E-state index is -1.22. The highest BCUT2D eigenvalue weighted by atomic mass is 16.5. The molecule has 2 rings (SSSR count). The molecule has 6 heteroatoms. The molecule has 0 unspecified atom stereocenters. The van der Waals surface area contributed by atoms with Crippen molar-refractivity contribution >= 4 is 5.97 Å². The van der Waals surface area contributed by atoms with E-state index in [4.69, 9.17) is 9.84 Å². The maximum atomic E-state index is 12.1. The highest BCUT2D eigenvalue weighted by Crippen LogP contribution is 2.15. The van der Waals surface area contributed by atoms with Gasteiger partial charge in [0.05, 0.1) is 18.5 Å². The number of aromatic nitrogens is 2. The summed E-state index contributed by atoms with van der Waals surface area (Å²) in [5.41, 5.74) is 0.148. The maximum absolute atomic E-state index is 12.1. The van der Waals surface area contributed by atoms with Crippen LogP contribution in [0.3, 0.4) is 0 Å². The largest absolute Gasteiger partial charge is 0.497 e. The predicted molar refractivity (Wildman–Crippen MR) is 69.3 cm³/mol. The van der Waals surface area contributed by atoms with Crippen LogP contribution < -0.4 is 10.3 Å². The van der Waals surface area contributed by atoms with Crippen molar-refractivity contribution in [3.8, 4) is 11.4 Å².